The lowest BCUT2D eigenvalue weighted by molar-refractivity contribution is 0.0374. The highest BCUT2D eigenvalue weighted by Gasteiger charge is 2.33. The Morgan fingerprint density at radius 1 is 1.12 bits per heavy atom. The lowest BCUT2D eigenvalue weighted by Crippen LogP contribution is -2.63. The third-order valence-corrected chi connectivity index (χ3v) is 9.38. The largest absolute Gasteiger partial charge is 0.459 e. The van der Waals surface area contributed by atoms with Crippen LogP contribution in [0.25, 0.3) is 32.2 Å². The van der Waals surface area contributed by atoms with Crippen molar-refractivity contribution in [3.63, 3.8) is 0 Å². The maximum atomic E-state index is 16.7. The van der Waals surface area contributed by atoms with Crippen molar-refractivity contribution in [1.29, 1.82) is 0 Å². The normalized spacial score (nSPS) is 22.1. The number of hydrogen-bond donors (Lipinski definition) is 2. The second-order valence-electron chi connectivity index (χ2n) is 11.4. The Morgan fingerprint density at radius 2 is 1.88 bits per heavy atom. The molecular formula is C29H32ClF2N7O2S. The zero-order valence-corrected chi connectivity index (χ0v) is 24.8. The van der Waals surface area contributed by atoms with Crippen LogP contribution in [-0.4, -0.2) is 84.0 Å². The number of halogens is 3. The molecule has 13 heteroatoms. The molecule has 0 amide bonds. The molecule has 3 N–H and O–H groups in total. The van der Waals surface area contributed by atoms with E-state index in [1.54, 1.807) is 6.07 Å². The number of anilines is 2. The Hall–Kier alpha value is -2.90. The SMILES string of the molecule is CC(CN1CCCCC1)Oc1nc(N2CC3COCC(C2)N3)c2cc(Cl)c(-c3ccc(F)c4sc(N)nc34)c(F)c2n1. The Balaban J connectivity index is 1.34. The van der Waals surface area contributed by atoms with Crippen molar-refractivity contribution in [3.8, 4) is 17.1 Å². The fourth-order valence-electron chi connectivity index (χ4n) is 6.39. The molecule has 0 saturated carbocycles. The van der Waals surface area contributed by atoms with Crippen molar-refractivity contribution < 1.29 is 18.3 Å². The summed E-state index contributed by atoms with van der Waals surface area (Å²) in [6.45, 7) is 7.22. The number of nitrogens with one attached hydrogen (secondary N) is 1. The van der Waals surface area contributed by atoms with Gasteiger partial charge in [-0.05, 0) is 51.1 Å². The van der Waals surface area contributed by atoms with Gasteiger partial charge in [-0.3, -0.25) is 4.90 Å². The first kappa shape index (κ1) is 27.9. The number of nitrogen functional groups attached to an aromatic ring is 1. The van der Waals surface area contributed by atoms with Crippen molar-refractivity contribution >= 4 is 55.0 Å². The van der Waals surface area contributed by atoms with Crippen molar-refractivity contribution in [2.45, 2.75) is 44.4 Å². The van der Waals surface area contributed by atoms with Gasteiger partial charge in [-0.25, -0.2) is 13.8 Å². The van der Waals surface area contributed by atoms with Gasteiger partial charge in [0.1, 0.15) is 23.3 Å². The fraction of sp³-hybridized carbons (Fsp3) is 0.483. The minimum atomic E-state index is -0.646. The van der Waals surface area contributed by atoms with E-state index in [4.69, 9.17) is 31.8 Å². The predicted molar refractivity (Wildman–Crippen MR) is 162 cm³/mol. The number of fused-ring (bicyclic) bond motifs is 4. The molecule has 9 nitrogen and oxygen atoms in total. The minimum Gasteiger partial charge on any atom is -0.459 e. The van der Waals surface area contributed by atoms with E-state index in [-0.39, 0.29) is 55.6 Å². The number of aromatic nitrogens is 3. The molecule has 0 radical (unpaired) electrons. The molecule has 3 aliphatic heterocycles. The van der Waals surface area contributed by atoms with E-state index >= 15 is 4.39 Å². The van der Waals surface area contributed by atoms with Crippen molar-refractivity contribution in [3.05, 3.63) is 34.9 Å². The van der Waals surface area contributed by atoms with Crippen molar-refractivity contribution in [2.24, 2.45) is 0 Å². The molecule has 2 bridgehead atoms. The number of nitrogens with two attached hydrogens (primary N) is 1. The van der Waals surface area contributed by atoms with E-state index in [0.29, 0.717) is 43.1 Å². The second-order valence-corrected chi connectivity index (χ2v) is 12.8. The minimum absolute atomic E-state index is 0.0835. The van der Waals surface area contributed by atoms with Crippen LogP contribution in [-0.2, 0) is 4.74 Å². The molecular weight excluding hydrogens is 584 g/mol. The number of piperidine rings is 1. The molecule has 3 saturated heterocycles. The summed E-state index contributed by atoms with van der Waals surface area (Å²) in [7, 11) is 0. The molecule has 3 fully saturated rings. The van der Waals surface area contributed by atoms with Crippen molar-refractivity contribution in [2.75, 3.05) is 56.6 Å². The first-order chi connectivity index (χ1) is 20.3. The molecule has 0 aliphatic carbocycles. The van der Waals surface area contributed by atoms with Crippen LogP contribution in [0.4, 0.5) is 19.7 Å². The number of benzene rings is 2. The highest BCUT2D eigenvalue weighted by molar-refractivity contribution is 7.22. The average molecular weight is 616 g/mol. The summed E-state index contributed by atoms with van der Waals surface area (Å²) >= 11 is 7.81. The maximum absolute atomic E-state index is 16.7. The van der Waals surface area contributed by atoms with Gasteiger partial charge in [0.15, 0.2) is 10.9 Å². The molecule has 5 heterocycles. The van der Waals surface area contributed by atoms with E-state index in [2.05, 4.69) is 25.1 Å². The molecule has 2 aromatic carbocycles. The second kappa shape index (κ2) is 11.3. The Kier molecular flexibility index (Phi) is 7.51. The molecule has 7 rings (SSSR count). The number of hydrogen-bond acceptors (Lipinski definition) is 10. The number of likely N-dealkylation sites (tertiary alicyclic amines) is 1. The van der Waals surface area contributed by atoms with Crippen LogP contribution in [0.1, 0.15) is 26.2 Å². The zero-order chi connectivity index (χ0) is 29.0. The number of nitrogens with zero attached hydrogens (tertiary/aromatic N) is 5. The summed E-state index contributed by atoms with van der Waals surface area (Å²) in [6.07, 6.45) is 3.40. The Labute approximate surface area is 251 Å². The monoisotopic (exact) mass is 615 g/mol. The molecule has 3 aliphatic rings. The van der Waals surface area contributed by atoms with E-state index < -0.39 is 11.6 Å². The molecule has 2 aromatic heterocycles. The molecule has 222 valence electrons. The van der Waals surface area contributed by atoms with Gasteiger partial charge in [0, 0.05) is 48.2 Å². The Bertz CT molecular complexity index is 1640. The van der Waals surface area contributed by atoms with Gasteiger partial charge < -0.3 is 25.4 Å². The predicted octanol–water partition coefficient (Wildman–Crippen LogP) is 4.85. The summed E-state index contributed by atoms with van der Waals surface area (Å²) in [6, 6.07) is 4.78. The van der Waals surface area contributed by atoms with Gasteiger partial charge in [-0.2, -0.15) is 9.97 Å². The molecule has 4 aromatic rings. The first-order valence-corrected chi connectivity index (χ1v) is 15.6. The van der Waals surface area contributed by atoms with E-state index in [1.165, 1.54) is 31.4 Å². The van der Waals surface area contributed by atoms with Gasteiger partial charge >= 0.3 is 6.01 Å². The van der Waals surface area contributed by atoms with Gasteiger partial charge in [-0.1, -0.05) is 29.4 Å². The van der Waals surface area contributed by atoms with Crippen LogP contribution >= 0.6 is 22.9 Å². The Morgan fingerprint density at radius 3 is 2.64 bits per heavy atom. The average Bonchev–Trinajstić information content (AvgIpc) is 3.37. The summed E-state index contributed by atoms with van der Waals surface area (Å²) in [5.41, 5.74) is 6.67. The van der Waals surface area contributed by atoms with Crippen molar-refractivity contribution in [1.82, 2.24) is 25.2 Å². The third-order valence-electron chi connectivity index (χ3n) is 8.18. The standard InChI is InChI=1S/C29H32ClF2N7O2S/c1-15(10-38-7-3-2-4-8-38)41-29-36-24-19(27(37-29)39-11-16-13-40-14-17(12-39)34-16)9-20(30)22(23(24)32)18-5-6-21(31)26-25(18)35-28(33)42-26/h5-6,9,15-17,34H,2-4,7-8,10-14H2,1H3,(H2,33,35). The van der Waals surface area contributed by atoms with Crippen LogP contribution in [0.3, 0.4) is 0 Å². The van der Waals surface area contributed by atoms with E-state index in [0.717, 1.165) is 31.0 Å². The van der Waals surface area contributed by atoms with Crippen LogP contribution in [0.2, 0.25) is 5.02 Å². The van der Waals surface area contributed by atoms with Gasteiger partial charge in [0.25, 0.3) is 0 Å². The third kappa shape index (κ3) is 5.24. The smallest absolute Gasteiger partial charge is 0.319 e. The van der Waals surface area contributed by atoms with Gasteiger partial charge in [0.05, 0.1) is 28.5 Å². The number of thiazole rings is 1. The summed E-state index contributed by atoms with van der Waals surface area (Å²) in [4.78, 5) is 18.2. The number of piperazine rings is 1. The molecule has 3 unspecified atom stereocenters. The van der Waals surface area contributed by atoms with E-state index in [1.807, 2.05) is 6.92 Å². The molecule has 3 atom stereocenters. The topological polar surface area (TPSA) is 102 Å². The van der Waals surface area contributed by atoms with Gasteiger partial charge in [-0.15, -0.1) is 0 Å². The van der Waals surface area contributed by atoms with Crippen LogP contribution in [0.15, 0.2) is 18.2 Å². The highest BCUT2D eigenvalue weighted by atomic mass is 35.5. The van der Waals surface area contributed by atoms with Gasteiger partial charge in [0.2, 0.25) is 0 Å². The number of ether oxygens (including phenoxy) is 2. The zero-order valence-electron chi connectivity index (χ0n) is 23.2. The summed E-state index contributed by atoms with van der Waals surface area (Å²) < 4.78 is 43.5. The number of morpholine rings is 1. The van der Waals surface area contributed by atoms with Crippen LogP contribution in [0.5, 0.6) is 6.01 Å². The van der Waals surface area contributed by atoms with Crippen LogP contribution in [0, 0.1) is 11.6 Å². The lowest BCUT2D eigenvalue weighted by Gasteiger charge is -2.43. The number of rotatable bonds is 6. The summed E-state index contributed by atoms with van der Waals surface area (Å²) in [5.74, 6) is -0.558. The maximum Gasteiger partial charge on any atom is 0.319 e. The quantitative estimate of drug-likeness (QED) is 0.315. The fourth-order valence-corrected chi connectivity index (χ4v) is 7.45. The summed E-state index contributed by atoms with van der Waals surface area (Å²) in [5, 5.41) is 4.39. The van der Waals surface area contributed by atoms with E-state index in [9.17, 15) is 4.39 Å². The van der Waals surface area contributed by atoms with Crippen LogP contribution < -0.4 is 20.7 Å². The highest BCUT2D eigenvalue weighted by Crippen LogP contribution is 2.43. The molecule has 42 heavy (non-hydrogen) atoms. The molecule has 0 spiro atoms. The lowest BCUT2D eigenvalue weighted by atomic mass is 10.0. The first-order valence-electron chi connectivity index (χ1n) is 14.4.